The third kappa shape index (κ3) is 13.1. The fourth-order valence-corrected chi connectivity index (χ4v) is 19.5. The van der Waals surface area contributed by atoms with E-state index in [1.165, 1.54) is 155 Å². The number of rotatable bonds is 8. The average Bonchev–Trinajstić information content (AvgIpc) is 1.59. The van der Waals surface area contributed by atoms with Gasteiger partial charge in [0.15, 0.2) is 27.9 Å². The molecule has 15 nitrogen and oxygen atoms in total. The molecule has 5 atom stereocenters. The van der Waals surface area contributed by atoms with Gasteiger partial charge in [0.25, 0.3) is 0 Å². The summed E-state index contributed by atoms with van der Waals surface area (Å²) in [5, 5.41) is 11.9. The molecule has 5 aliphatic heterocycles. The van der Waals surface area contributed by atoms with E-state index in [9.17, 15) is 0 Å². The molecule has 0 fully saturated rings. The van der Waals surface area contributed by atoms with E-state index in [1.54, 1.807) is 0 Å². The molecule has 620 valence electrons. The van der Waals surface area contributed by atoms with Crippen molar-refractivity contribution >= 4 is 161 Å². The lowest BCUT2D eigenvalue weighted by Crippen LogP contribution is -2.42. The number of nitrogens with zero attached hydrogens (tertiary/aromatic N) is 10. The van der Waals surface area contributed by atoms with Gasteiger partial charge in [-0.25, -0.2) is 0 Å². The molecular formula is C107H112N10O5. The second-order valence-corrected chi connectivity index (χ2v) is 34.5. The van der Waals surface area contributed by atoms with Crippen molar-refractivity contribution in [3.8, 4) is 0 Å². The second-order valence-electron chi connectivity index (χ2n) is 34.5. The Bertz CT molecular complexity index is 7030. The van der Waals surface area contributed by atoms with Crippen LogP contribution in [0, 0.1) is 62.3 Å². The first kappa shape index (κ1) is 79.9. The highest BCUT2D eigenvalue weighted by atomic mass is 16.3. The van der Waals surface area contributed by atoms with Gasteiger partial charge in [0.05, 0.1) is 51.2 Å². The van der Waals surface area contributed by atoms with Gasteiger partial charge in [0.2, 0.25) is 0 Å². The summed E-state index contributed by atoms with van der Waals surface area (Å²) in [5.74, 6) is 0. The molecular weight excluding hydrogens is 1510 g/mol. The molecule has 0 unspecified atom stereocenters. The minimum atomic E-state index is 0.222. The Morgan fingerprint density at radius 3 is 1.02 bits per heavy atom. The number of furan rings is 5. The zero-order chi connectivity index (χ0) is 85.3. The van der Waals surface area contributed by atoms with Crippen molar-refractivity contribution in [3.05, 3.63) is 294 Å². The molecule has 15 heteroatoms. The average molecular weight is 1620 g/mol. The van der Waals surface area contributed by atoms with Crippen molar-refractivity contribution in [2.75, 3.05) is 54.9 Å². The molecule has 0 spiro atoms. The third-order valence-electron chi connectivity index (χ3n) is 26.3. The van der Waals surface area contributed by atoms with Gasteiger partial charge in [-0.1, -0.05) is 176 Å². The molecule has 22 rings (SSSR count). The van der Waals surface area contributed by atoms with E-state index in [4.69, 9.17) is 22.1 Å². The first-order valence-corrected chi connectivity index (χ1v) is 43.3. The van der Waals surface area contributed by atoms with Crippen LogP contribution in [0.5, 0.6) is 0 Å². The van der Waals surface area contributed by atoms with Gasteiger partial charge >= 0.3 is 0 Å². The van der Waals surface area contributed by atoms with Crippen LogP contribution < -0.4 is 34.3 Å². The molecule has 5 aromatic heterocycles. The monoisotopic (exact) mass is 1620 g/mol. The summed E-state index contributed by atoms with van der Waals surface area (Å²) in [6.45, 7) is 42.6. The molecule has 17 aromatic rings. The summed E-state index contributed by atoms with van der Waals surface area (Å²) in [6, 6.07) is 73.8. The first-order valence-electron chi connectivity index (χ1n) is 43.3. The second kappa shape index (κ2) is 31.5. The predicted molar refractivity (Wildman–Crippen MR) is 514 cm³/mol. The zero-order valence-corrected chi connectivity index (χ0v) is 74.4. The first-order chi connectivity index (χ1) is 58.8. The van der Waals surface area contributed by atoms with Crippen LogP contribution in [0.4, 0.5) is 51.2 Å². The number of hydrogen-bond acceptors (Lipinski definition) is 15. The lowest BCUT2D eigenvalue weighted by atomic mass is 10.1. The van der Waals surface area contributed by atoms with Crippen LogP contribution in [-0.4, -0.2) is 78.3 Å². The Kier molecular flexibility index (Phi) is 20.6. The maximum Gasteiger partial charge on any atom is 0.159 e. The number of hydrogen-bond donors (Lipinski definition) is 0. The van der Waals surface area contributed by atoms with Crippen LogP contribution in [-0.2, 0) is 0 Å². The van der Waals surface area contributed by atoms with E-state index >= 15 is 0 Å². The zero-order valence-electron chi connectivity index (χ0n) is 74.4. The lowest BCUT2D eigenvalue weighted by molar-refractivity contribution is 0.263. The Morgan fingerprint density at radius 2 is 0.607 bits per heavy atom. The van der Waals surface area contributed by atoms with Crippen molar-refractivity contribution in [1.29, 1.82) is 0 Å². The molecule has 0 bridgehead atoms. The summed E-state index contributed by atoms with van der Waals surface area (Å²) in [7, 11) is 4.25. The van der Waals surface area contributed by atoms with Crippen LogP contribution in [0.15, 0.2) is 266 Å². The van der Waals surface area contributed by atoms with Gasteiger partial charge < -0.3 is 71.1 Å². The number of aryl methyl sites for hydroxylation is 9. The van der Waals surface area contributed by atoms with Crippen molar-refractivity contribution < 1.29 is 22.1 Å². The smallest absolute Gasteiger partial charge is 0.159 e. The van der Waals surface area contributed by atoms with E-state index < -0.39 is 0 Å². The normalized spacial score (nSPS) is 17.4. The minimum Gasteiger partial charge on any atom is -0.454 e. The van der Waals surface area contributed by atoms with E-state index in [1.807, 2.05) is 6.07 Å². The number of para-hydroxylation sites is 9. The summed E-state index contributed by atoms with van der Waals surface area (Å²) in [6.07, 6.45) is 14.2. The molecule has 12 aromatic carbocycles. The maximum atomic E-state index is 6.45. The van der Waals surface area contributed by atoms with Crippen molar-refractivity contribution in [2.24, 2.45) is 0 Å². The third-order valence-corrected chi connectivity index (χ3v) is 26.3. The highest BCUT2D eigenvalue weighted by molar-refractivity contribution is 6.15. The molecule has 0 aliphatic carbocycles. The summed E-state index contributed by atoms with van der Waals surface area (Å²) >= 11 is 0. The molecule has 0 radical (unpaired) electrons. The van der Waals surface area contributed by atoms with Crippen LogP contribution >= 0.6 is 0 Å². The minimum absolute atomic E-state index is 0.222. The predicted octanol–water partition coefficient (Wildman–Crippen LogP) is 28.2. The van der Waals surface area contributed by atoms with Crippen LogP contribution in [0.3, 0.4) is 0 Å². The summed E-state index contributed by atoms with van der Waals surface area (Å²) < 4.78 is 31.8. The Labute approximate surface area is 716 Å². The SMILES string of the molecule is CCN1C=CN(c2c(C)ccc3c2oc2c(C)cccc23)[C@@H]1C.Cc1ccc2c(oc3c(C)cccc32)c1N1C=CN(C(C)C)[C@H]1C.Cc1ccc2c(oc3c(C)cccc32)c1N1C=CN(C)[C@H]1C.Cc1ccc2c(oc3c(C)cccc32)c1N1c2ccccc2N(C)[C@H]1C.Cc1ccc2c(oc3ccccc32)c1N1c2ccccc2N(C(C)C)[C@H]1C. The summed E-state index contributed by atoms with van der Waals surface area (Å²) in [5.41, 5.74) is 31.6. The maximum absolute atomic E-state index is 6.45. The number of fused-ring (bicyclic) bond motifs is 17. The Morgan fingerprint density at radius 1 is 0.270 bits per heavy atom. The number of benzene rings is 12. The van der Waals surface area contributed by atoms with E-state index in [0.29, 0.717) is 24.4 Å². The van der Waals surface area contributed by atoms with Gasteiger partial charge in [-0.15, -0.1) is 0 Å². The largest absolute Gasteiger partial charge is 0.454 e. The topological polar surface area (TPSA) is 98.1 Å². The van der Waals surface area contributed by atoms with Gasteiger partial charge in [-0.2, -0.15) is 0 Å². The Balaban J connectivity index is 0.000000104. The van der Waals surface area contributed by atoms with E-state index in [0.717, 1.165) is 62.4 Å². The van der Waals surface area contributed by atoms with Crippen molar-refractivity contribution in [3.63, 3.8) is 0 Å². The van der Waals surface area contributed by atoms with E-state index in [2.05, 4.69) is 432 Å². The quantitative estimate of drug-likeness (QED) is 0.144. The van der Waals surface area contributed by atoms with Crippen molar-refractivity contribution in [2.45, 2.75) is 174 Å². The molecule has 122 heavy (non-hydrogen) atoms. The highest BCUT2D eigenvalue weighted by Gasteiger charge is 2.39. The van der Waals surface area contributed by atoms with Crippen LogP contribution in [0.1, 0.15) is 119 Å². The molecule has 0 amide bonds. The highest BCUT2D eigenvalue weighted by Crippen LogP contribution is 2.52. The van der Waals surface area contributed by atoms with Gasteiger partial charge in [0, 0.05) is 124 Å². The lowest BCUT2D eigenvalue weighted by Gasteiger charge is -2.33. The van der Waals surface area contributed by atoms with Crippen LogP contribution in [0.25, 0.3) is 110 Å². The molecule has 10 heterocycles. The fraction of sp³-hybridized carbons (Fsp3) is 0.271. The van der Waals surface area contributed by atoms with Gasteiger partial charge in [0.1, 0.15) is 58.7 Å². The van der Waals surface area contributed by atoms with Gasteiger partial charge in [-0.05, 0) is 212 Å². The standard InChI is InChI=1S/C24H24N2O.C23H22N2O.C21H24N2O.C20H22N2O.C19H20N2O/c1-15(2)25-17(4)26(21-11-7-6-10-20(21)25)23-16(3)13-14-19-18-9-5-8-12-22(18)27-24(19)23;1-14-12-13-18-17-9-7-8-15(2)22(17)26-23(18)21(14)25-16(3)24(4)19-10-5-6-11-20(19)25;1-13(2)22-11-12-23(16(22)5)19-14(3)9-10-18-17-8-6-7-15(4)20(17)24-21(18)19;1-5-21-11-12-22(15(21)4)18-13(2)9-10-17-16-8-6-7-14(3)19(16)23-20(17)18;1-12-8-9-16-15-7-5-6-13(2)18(15)22-19(16)17(12)21-11-10-20(4)14(21)3/h5-15,17H,1-4H3;5-13,16H,1-4H3;6-13,16H,1-5H3;6-12,15H,5H2,1-4H3;5-11,14H,1-4H3/t17-;2*16-;15-;14-/m11111/s1. The van der Waals surface area contributed by atoms with Crippen LogP contribution in [0.2, 0.25) is 0 Å². The molecule has 0 saturated heterocycles. The molecule has 0 saturated carbocycles. The van der Waals surface area contributed by atoms with Gasteiger partial charge in [-0.3, -0.25) is 0 Å². The molecule has 0 N–H and O–H groups in total. The Hall–Kier alpha value is -13.1. The molecule has 5 aliphatic rings. The summed E-state index contributed by atoms with van der Waals surface area (Å²) in [4.78, 5) is 23.5. The van der Waals surface area contributed by atoms with Crippen molar-refractivity contribution in [1.82, 2.24) is 14.7 Å². The fourth-order valence-electron chi connectivity index (χ4n) is 19.5. The van der Waals surface area contributed by atoms with E-state index in [-0.39, 0.29) is 18.5 Å². The number of anilines is 9.